The summed E-state index contributed by atoms with van der Waals surface area (Å²) < 4.78 is 0. The van der Waals surface area contributed by atoms with Gasteiger partial charge in [-0.3, -0.25) is 9.69 Å². The van der Waals surface area contributed by atoms with Crippen LogP contribution >= 0.6 is 0 Å². The number of amides is 1. The Labute approximate surface area is 131 Å². The molecule has 1 aliphatic rings. The minimum atomic E-state index is -0.0628. The number of unbranched alkanes of at least 4 members (excludes halogenated alkanes) is 1. The molecule has 0 bridgehead atoms. The molecular weight excluding hydrogens is 278 g/mol. The van der Waals surface area contributed by atoms with Crippen LogP contribution in [0.5, 0.6) is 0 Å². The number of benzene rings is 1. The summed E-state index contributed by atoms with van der Waals surface area (Å²) in [5.41, 5.74) is 2.55. The second-order valence-electron chi connectivity index (χ2n) is 5.56. The third-order valence-electron chi connectivity index (χ3n) is 3.64. The molecule has 0 saturated heterocycles. The summed E-state index contributed by atoms with van der Waals surface area (Å²) in [6.07, 6.45) is 3.29. The van der Waals surface area contributed by atoms with Crippen LogP contribution in [0.4, 0.5) is 5.69 Å². The first-order valence-electron chi connectivity index (χ1n) is 7.50. The SMILES string of the molecule is CC1=N/C(=C\c2ccc(N(C)C)cc2)C(=O)N1CCCCO. The number of amidine groups is 1. The van der Waals surface area contributed by atoms with Crippen molar-refractivity contribution in [1.29, 1.82) is 0 Å². The fourth-order valence-electron chi connectivity index (χ4n) is 2.33. The van der Waals surface area contributed by atoms with Crippen LogP contribution < -0.4 is 4.90 Å². The first kappa shape index (κ1) is 16.2. The van der Waals surface area contributed by atoms with E-state index in [0.29, 0.717) is 18.7 Å². The van der Waals surface area contributed by atoms with Crippen molar-refractivity contribution < 1.29 is 9.90 Å². The number of aliphatic imine (C=N–C) groups is 1. The Morgan fingerprint density at radius 3 is 2.50 bits per heavy atom. The average Bonchev–Trinajstić information content (AvgIpc) is 2.75. The Balaban J connectivity index is 2.10. The summed E-state index contributed by atoms with van der Waals surface area (Å²) in [6, 6.07) is 7.99. The van der Waals surface area contributed by atoms with E-state index in [0.717, 1.165) is 23.5 Å². The number of anilines is 1. The number of nitrogens with zero attached hydrogens (tertiary/aromatic N) is 3. The van der Waals surface area contributed by atoms with Gasteiger partial charge in [-0.1, -0.05) is 12.1 Å². The van der Waals surface area contributed by atoms with Gasteiger partial charge in [0.25, 0.3) is 5.91 Å². The maximum atomic E-state index is 12.4. The van der Waals surface area contributed by atoms with Crippen molar-refractivity contribution >= 4 is 23.5 Å². The van der Waals surface area contributed by atoms with Crippen LogP contribution in [0.1, 0.15) is 25.3 Å². The highest BCUT2D eigenvalue weighted by atomic mass is 16.3. The van der Waals surface area contributed by atoms with E-state index in [9.17, 15) is 4.79 Å². The molecule has 0 aliphatic carbocycles. The van der Waals surface area contributed by atoms with Crippen molar-refractivity contribution in [3.8, 4) is 0 Å². The Morgan fingerprint density at radius 2 is 1.91 bits per heavy atom. The van der Waals surface area contributed by atoms with Gasteiger partial charge in [0.15, 0.2) is 0 Å². The molecule has 1 heterocycles. The Hall–Kier alpha value is -2.14. The van der Waals surface area contributed by atoms with Crippen LogP contribution in [0.15, 0.2) is 35.0 Å². The lowest BCUT2D eigenvalue weighted by molar-refractivity contribution is -0.122. The number of hydrogen-bond donors (Lipinski definition) is 1. The van der Waals surface area contributed by atoms with Gasteiger partial charge >= 0.3 is 0 Å². The number of rotatable bonds is 6. The molecule has 0 radical (unpaired) electrons. The number of carbonyl (C=O) groups excluding carboxylic acids is 1. The zero-order valence-corrected chi connectivity index (χ0v) is 13.4. The lowest BCUT2D eigenvalue weighted by atomic mass is 10.1. The molecule has 1 aromatic rings. The van der Waals surface area contributed by atoms with Crippen LogP contribution in [0, 0.1) is 0 Å². The van der Waals surface area contributed by atoms with E-state index in [-0.39, 0.29) is 12.5 Å². The molecule has 1 N–H and O–H groups in total. The zero-order valence-electron chi connectivity index (χ0n) is 13.4. The third kappa shape index (κ3) is 3.74. The average molecular weight is 301 g/mol. The second-order valence-corrected chi connectivity index (χ2v) is 5.56. The maximum Gasteiger partial charge on any atom is 0.277 e. The summed E-state index contributed by atoms with van der Waals surface area (Å²) in [6.45, 7) is 2.59. The fraction of sp³-hybridized carbons (Fsp3) is 0.412. The third-order valence-corrected chi connectivity index (χ3v) is 3.64. The highest BCUT2D eigenvalue weighted by Gasteiger charge is 2.26. The van der Waals surface area contributed by atoms with Gasteiger partial charge in [0.2, 0.25) is 0 Å². The predicted molar refractivity (Wildman–Crippen MR) is 89.9 cm³/mol. The largest absolute Gasteiger partial charge is 0.396 e. The number of aliphatic hydroxyl groups excluding tert-OH is 1. The number of aliphatic hydroxyl groups is 1. The van der Waals surface area contributed by atoms with Crippen molar-refractivity contribution in [1.82, 2.24) is 4.90 Å². The maximum absolute atomic E-state index is 12.4. The molecule has 0 fully saturated rings. The van der Waals surface area contributed by atoms with Crippen LogP contribution in [0.25, 0.3) is 6.08 Å². The highest BCUT2D eigenvalue weighted by molar-refractivity contribution is 6.13. The van der Waals surface area contributed by atoms with Crippen LogP contribution in [-0.4, -0.2) is 49.0 Å². The van der Waals surface area contributed by atoms with Crippen molar-refractivity contribution in [2.75, 3.05) is 32.1 Å². The molecule has 118 valence electrons. The quantitative estimate of drug-likeness (QED) is 0.647. The molecule has 1 aromatic carbocycles. The van der Waals surface area contributed by atoms with Crippen LogP contribution in [-0.2, 0) is 4.79 Å². The van der Waals surface area contributed by atoms with E-state index in [4.69, 9.17) is 5.11 Å². The first-order valence-corrected chi connectivity index (χ1v) is 7.50. The smallest absolute Gasteiger partial charge is 0.277 e. The predicted octanol–water partition coefficient (Wildman–Crippen LogP) is 2.13. The minimum absolute atomic E-state index is 0.0628. The van der Waals surface area contributed by atoms with Crippen molar-refractivity contribution in [3.05, 3.63) is 35.5 Å². The molecule has 22 heavy (non-hydrogen) atoms. The van der Waals surface area contributed by atoms with Gasteiger partial charge in [0, 0.05) is 32.9 Å². The minimum Gasteiger partial charge on any atom is -0.396 e. The van der Waals surface area contributed by atoms with Crippen molar-refractivity contribution in [2.45, 2.75) is 19.8 Å². The Kier molecular flexibility index (Phi) is 5.33. The summed E-state index contributed by atoms with van der Waals surface area (Å²) in [5.74, 6) is 0.659. The Bertz CT molecular complexity index is 588. The molecule has 1 amide bonds. The molecule has 0 saturated carbocycles. The molecular formula is C17H23N3O2. The van der Waals surface area contributed by atoms with E-state index in [1.54, 1.807) is 4.90 Å². The molecule has 5 heteroatoms. The molecule has 1 aliphatic heterocycles. The fourth-order valence-corrected chi connectivity index (χ4v) is 2.33. The molecule has 0 spiro atoms. The lowest BCUT2D eigenvalue weighted by Gasteiger charge is -2.15. The van der Waals surface area contributed by atoms with E-state index in [2.05, 4.69) is 4.99 Å². The second kappa shape index (κ2) is 7.22. The first-order chi connectivity index (χ1) is 10.5. The molecule has 0 atom stereocenters. The van der Waals surface area contributed by atoms with Gasteiger partial charge < -0.3 is 10.0 Å². The molecule has 2 rings (SSSR count). The summed E-state index contributed by atoms with van der Waals surface area (Å²) in [4.78, 5) is 20.4. The zero-order chi connectivity index (χ0) is 16.1. The van der Waals surface area contributed by atoms with Crippen molar-refractivity contribution in [3.63, 3.8) is 0 Å². The molecule has 5 nitrogen and oxygen atoms in total. The normalized spacial score (nSPS) is 16.4. The lowest BCUT2D eigenvalue weighted by Crippen LogP contribution is -2.31. The van der Waals surface area contributed by atoms with Crippen LogP contribution in [0.3, 0.4) is 0 Å². The van der Waals surface area contributed by atoms with Gasteiger partial charge in [-0.15, -0.1) is 0 Å². The van der Waals surface area contributed by atoms with E-state index < -0.39 is 0 Å². The van der Waals surface area contributed by atoms with Gasteiger partial charge in [-0.25, -0.2) is 4.99 Å². The molecule has 0 aromatic heterocycles. The van der Waals surface area contributed by atoms with Gasteiger partial charge in [0.1, 0.15) is 11.5 Å². The van der Waals surface area contributed by atoms with Gasteiger partial charge in [-0.2, -0.15) is 0 Å². The summed E-state index contributed by atoms with van der Waals surface area (Å²) >= 11 is 0. The van der Waals surface area contributed by atoms with Crippen molar-refractivity contribution in [2.24, 2.45) is 4.99 Å². The number of hydrogen-bond acceptors (Lipinski definition) is 4. The van der Waals surface area contributed by atoms with E-state index in [1.165, 1.54) is 0 Å². The monoisotopic (exact) mass is 301 g/mol. The molecule has 0 unspecified atom stereocenters. The standard InChI is InChI=1S/C17H23N3O2/c1-13-18-16(17(22)20(13)10-4-5-11-21)12-14-6-8-15(9-7-14)19(2)3/h6-9,12,21H,4-5,10-11H2,1-3H3/b16-12-. The van der Waals surface area contributed by atoms with E-state index in [1.807, 2.05) is 56.3 Å². The van der Waals surface area contributed by atoms with Gasteiger partial charge in [-0.05, 0) is 43.5 Å². The van der Waals surface area contributed by atoms with E-state index >= 15 is 0 Å². The van der Waals surface area contributed by atoms with Gasteiger partial charge in [0.05, 0.1) is 0 Å². The Morgan fingerprint density at radius 1 is 1.23 bits per heavy atom. The number of carbonyl (C=O) groups is 1. The topological polar surface area (TPSA) is 56.1 Å². The summed E-state index contributed by atoms with van der Waals surface area (Å²) in [5, 5.41) is 8.83. The summed E-state index contributed by atoms with van der Waals surface area (Å²) in [7, 11) is 3.98. The van der Waals surface area contributed by atoms with Crippen LogP contribution in [0.2, 0.25) is 0 Å². The highest BCUT2D eigenvalue weighted by Crippen LogP contribution is 2.20.